The summed E-state index contributed by atoms with van der Waals surface area (Å²) >= 11 is 11.0. The van der Waals surface area contributed by atoms with Gasteiger partial charge in [-0.25, -0.2) is 9.78 Å². The first kappa shape index (κ1) is 9.90. The number of aromatic amines is 1. The Hall–Kier alpha value is -1.18. The minimum atomic E-state index is -0.688. The molecule has 1 aromatic heterocycles. The first-order valence-electron chi connectivity index (χ1n) is 3.16. The number of nitrogens with one attached hydrogen (secondary N) is 1. The Kier molecular flexibility index (Phi) is 3.18. The summed E-state index contributed by atoms with van der Waals surface area (Å²) in [7, 11) is 0. The minimum absolute atomic E-state index is 0.0225. The van der Waals surface area contributed by atoms with Gasteiger partial charge in [-0.05, 0) is 0 Å². The summed E-state index contributed by atoms with van der Waals surface area (Å²) in [5, 5.41) is 0.114. The number of esters is 1. The maximum Gasteiger partial charge on any atom is 0.375 e. The highest BCUT2D eigenvalue weighted by molar-refractivity contribution is 6.40. The number of aromatic nitrogens is 2. The number of nitrogens with zero attached hydrogens (tertiary/aromatic N) is 1. The van der Waals surface area contributed by atoms with Gasteiger partial charge in [0.1, 0.15) is 5.15 Å². The Morgan fingerprint density at radius 3 is 2.85 bits per heavy atom. The van der Waals surface area contributed by atoms with Crippen LogP contribution in [-0.4, -0.2) is 22.5 Å². The molecule has 1 heterocycles. The maximum absolute atomic E-state index is 11.0. The van der Waals surface area contributed by atoms with Crippen molar-refractivity contribution in [2.45, 2.75) is 0 Å². The molecule has 0 saturated carbocycles. The number of imidazole rings is 1. The molecule has 0 aromatic carbocycles. The van der Waals surface area contributed by atoms with E-state index in [9.17, 15) is 4.79 Å². The average Bonchev–Trinajstić information content (AvgIpc) is 2.43. The second-order valence-corrected chi connectivity index (χ2v) is 2.71. The zero-order valence-corrected chi connectivity index (χ0v) is 7.82. The molecule has 0 amide bonds. The summed E-state index contributed by atoms with van der Waals surface area (Å²) in [4.78, 5) is 17.1. The smallest absolute Gasteiger partial charge is 0.375 e. The van der Waals surface area contributed by atoms with Crippen LogP contribution in [0.5, 0.6) is 0 Å². The summed E-state index contributed by atoms with van der Waals surface area (Å²) in [6.07, 6.45) is 4.88. The van der Waals surface area contributed by atoms with Gasteiger partial charge < -0.3 is 9.72 Å². The predicted molar refractivity (Wildman–Crippen MR) is 47.7 cm³/mol. The van der Waals surface area contributed by atoms with Gasteiger partial charge in [0, 0.05) is 0 Å². The van der Waals surface area contributed by atoms with Crippen LogP contribution in [0.2, 0.25) is 10.3 Å². The molecular formula is C7H4Cl2N2O2. The average molecular weight is 219 g/mol. The molecule has 0 aliphatic heterocycles. The molecule has 0 spiro atoms. The van der Waals surface area contributed by atoms with Crippen LogP contribution in [0.15, 0.2) is 0 Å². The zero-order chi connectivity index (χ0) is 9.84. The molecule has 6 heteroatoms. The highest BCUT2D eigenvalue weighted by atomic mass is 35.5. The molecule has 4 nitrogen and oxygen atoms in total. The third-order valence-electron chi connectivity index (χ3n) is 1.10. The first-order chi connectivity index (χ1) is 6.15. The third kappa shape index (κ3) is 2.38. The summed E-state index contributed by atoms with van der Waals surface area (Å²) in [5.41, 5.74) is 0. The molecule has 68 valence electrons. The summed E-state index contributed by atoms with van der Waals surface area (Å²) in [5.74, 6) is 1.39. The Bertz CT molecular complexity index is 348. The van der Waals surface area contributed by atoms with Crippen molar-refractivity contribution in [3.05, 3.63) is 16.1 Å². The number of hydrogen-bond donors (Lipinski definition) is 1. The van der Waals surface area contributed by atoms with E-state index in [1.165, 1.54) is 0 Å². The normalized spacial score (nSPS) is 9.31. The second-order valence-electron chi connectivity index (χ2n) is 1.97. The van der Waals surface area contributed by atoms with Gasteiger partial charge >= 0.3 is 5.97 Å². The van der Waals surface area contributed by atoms with E-state index in [0.717, 1.165) is 0 Å². The summed E-state index contributed by atoms with van der Waals surface area (Å²) < 4.78 is 4.56. The van der Waals surface area contributed by atoms with Crippen LogP contribution in [0, 0.1) is 12.3 Å². The van der Waals surface area contributed by atoms with Crippen molar-refractivity contribution in [1.29, 1.82) is 0 Å². The second kappa shape index (κ2) is 4.17. The number of ether oxygens (including phenoxy) is 1. The molecule has 0 aliphatic carbocycles. The van der Waals surface area contributed by atoms with Crippen LogP contribution in [-0.2, 0) is 4.74 Å². The molecule has 1 rings (SSSR count). The molecule has 0 saturated heterocycles. The Balaban J connectivity index is 2.73. The lowest BCUT2D eigenvalue weighted by Gasteiger charge is -1.94. The van der Waals surface area contributed by atoms with Crippen molar-refractivity contribution in [3.8, 4) is 12.3 Å². The Labute approximate surface area is 84.2 Å². The van der Waals surface area contributed by atoms with Crippen LogP contribution < -0.4 is 0 Å². The molecule has 0 aliphatic rings. The lowest BCUT2D eigenvalue weighted by atomic mass is 10.6. The lowest BCUT2D eigenvalue weighted by molar-refractivity contribution is 0.0544. The molecule has 0 fully saturated rings. The topological polar surface area (TPSA) is 55.0 Å². The molecule has 0 bridgehead atoms. The number of rotatable bonds is 2. The summed E-state index contributed by atoms with van der Waals surface area (Å²) in [6.45, 7) is -0.116. The third-order valence-corrected chi connectivity index (χ3v) is 1.74. The molecule has 1 aromatic rings. The van der Waals surface area contributed by atoms with Crippen molar-refractivity contribution in [1.82, 2.24) is 9.97 Å². The van der Waals surface area contributed by atoms with Gasteiger partial charge in [-0.15, -0.1) is 6.42 Å². The Morgan fingerprint density at radius 1 is 1.69 bits per heavy atom. The SMILES string of the molecule is C#CCOC(=O)c1nc(Cl)c(Cl)[nH]1. The maximum atomic E-state index is 11.0. The van der Waals surface area contributed by atoms with Gasteiger partial charge in [0.05, 0.1) is 0 Å². The summed E-state index contributed by atoms with van der Waals surface area (Å²) in [6, 6.07) is 0. The minimum Gasteiger partial charge on any atom is -0.447 e. The van der Waals surface area contributed by atoms with Gasteiger partial charge in [-0.2, -0.15) is 0 Å². The van der Waals surface area contributed by atoms with E-state index in [1.807, 2.05) is 0 Å². The molecule has 13 heavy (non-hydrogen) atoms. The highest BCUT2D eigenvalue weighted by Crippen LogP contribution is 2.17. The number of hydrogen-bond acceptors (Lipinski definition) is 3. The fourth-order valence-electron chi connectivity index (χ4n) is 0.603. The van der Waals surface area contributed by atoms with Crippen molar-refractivity contribution in [2.75, 3.05) is 6.61 Å². The van der Waals surface area contributed by atoms with Gasteiger partial charge in [-0.3, -0.25) is 0 Å². The monoisotopic (exact) mass is 218 g/mol. The van der Waals surface area contributed by atoms with Gasteiger partial charge in [0.25, 0.3) is 0 Å². The fraction of sp³-hybridized carbons (Fsp3) is 0.143. The lowest BCUT2D eigenvalue weighted by Crippen LogP contribution is -2.07. The number of H-pyrrole nitrogens is 1. The first-order valence-corrected chi connectivity index (χ1v) is 3.92. The van der Waals surface area contributed by atoms with Crippen LogP contribution in [0.1, 0.15) is 10.6 Å². The predicted octanol–water partition coefficient (Wildman–Crippen LogP) is 1.51. The van der Waals surface area contributed by atoms with Crippen LogP contribution >= 0.6 is 23.2 Å². The van der Waals surface area contributed by atoms with Gasteiger partial charge in [0.2, 0.25) is 5.82 Å². The van der Waals surface area contributed by atoms with Gasteiger partial charge in [0.15, 0.2) is 11.8 Å². The molecule has 0 atom stereocenters. The van der Waals surface area contributed by atoms with Crippen molar-refractivity contribution < 1.29 is 9.53 Å². The number of carbonyl (C=O) groups is 1. The molecular weight excluding hydrogens is 215 g/mol. The van der Waals surface area contributed by atoms with E-state index in [1.54, 1.807) is 0 Å². The molecule has 0 radical (unpaired) electrons. The molecule has 1 N–H and O–H groups in total. The van der Waals surface area contributed by atoms with Crippen molar-refractivity contribution >= 4 is 29.2 Å². The van der Waals surface area contributed by atoms with Crippen molar-refractivity contribution in [3.63, 3.8) is 0 Å². The van der Waals surface area contributed by atoms with E-state index in [0.29, 0.717) is 0 Å². The van der Waals surface area contributed by atoms with E-state index in [4.69, 9.17) is 29.6 Å². The van der Waals surface area contributed by atoms with E-state index in [2.05, 4.69) is 20.6 Å². The van der Waals surface area contributed by atoms with E-state index in [-0.39, 0.29) is 22.7 Å². The highest BCUT2D eigenvalue weighted by Gasteiger charge is 2.14. The standard InChI is InChI=1S/C7H4Cl2N2O2/c1-2-3-13-7(12)6-10-4(8)5(9)11-6/h1H,3H2,(H,10,11). The van der Waals surface area contributed by atoms with Crippen LogP contribution in [0.3, 0.4) is 0 Å². The van der Waals surface area contributed by atoms with Crippen LogP contribution in [0.4, 0.5) is 0 Å². The van der Waals surface area contributed by atoms with Crippen LogP contribution in [0.25, 0.3) is 0 Å². The Morgan fingerprint density at radius 2 is 2.38 bits per heavy atom. The fourth-order valence-corrected chi connectivity index (χ4v) is 0.866. The number of terminal acetylenes is 1. The number of carbonyl (C=O) groups excluding carboxylic acids is 1. The van der Waals surface area contributed by atoms with Crippen molar-refractivity contribution in [2.24, 2.45) is 0 Å². The van der Waals surface area contributed by atoms with E-state index >= 15 is 0 Å². The van der Waals surface area contributed by atoms with E-state index < -0.39 is 5.97 Å². The largest absolute Gasteiger partial charge is 0.447 e. The van der Waals surface area contributed by atoms with Gasteiger partial charge in [-0.1, -0.05) is 29.1 Å². The quantitative estimate of drug-likeness (QED) is 0.605. The molecule has 0 unspecified atom stereocenters. The zero-order valence-electron chi connectivity index (χ0n) is 6.30. The number of halogens is 2.